The van der Waals surface area contributed by atoms with E-state index in [0.29, 0.717) is 6.42 Å². The lowest BCUT2D eigenvalue weighted by Crippen LogP contribution is -2.66. The van der Waals surface area contributed by atoms with Crippen molar-refractivity contribution in [3.63, 3.8) is 0 Å². The molecule has 3 aliphatic rings. The second-order valence-electron chi connectivity index (χ2n) is 29.2. The van der Waals surface area contributed by atoms with Gasteiger partial charge in [-0.05, 0) is 44.9 Å². The molecule has 0 radical (unpaired) electrons. The number of rotatable bonds is 65. The van der Waals surface area contributed by atoms with Gasteiger partial charge >= 0.3 is 0 Å². The summed E-state index contributed by atoms with van der Waals surface area (Å²) < 4.78 is 34.5. The van der Waals surface area contributed by atoms with Crippen molar-refractivity contribution in [1.82, 2.24) is 5.32 Å². The maximum Gasteiger partial charge on any atom is 0.220 e. The molecule has 0 spiro atoms. The summed E-state index contributed by atoms with van der Waals surface area (Å²) >= 11 is 0. The molecule has 0 aromatic carbocycles. The molecule has 19 nitrogen and oxygen atoms in total. The third-order valence-electron chi connectivity index (χ3n) is 20.5. The standard InChI is InChI=1S/C79H149NO18/c1-3-5-7-9-11-13-15-17-19-21-23-25-26-27-28-29-30-31-32-33-34-35-36-37-39-41-43-45-47-49-51-53-55-57-67(85)80-62(63(84)56-54-52-50-48-46-44-42-40-38-24-22-20-18-16-14-12-10-8-6-4-2)61-93-77-73(91)70(88)75(65(59-82)95-77)98-79-74(92)71(89)76(66(60-83)96-79)97-78-72(90)69(87)68(86)64(58-81)94-78/h21,23,54,56,62-66,68-79,81-84,86-92H,3-20,22,24-53,55,57-61H2,1-2H3,(H,80,85)/b23-21-,56-54+. The Morgan fingerprint density at radius 2 is 0.643 bits per heavy atom. The van der Waals surface area contributed by atoms with Gasteiger partial charge in [-0.25, -0.2) is 0 Å². The van der Waals surface area contributed by atoms with E-state index < -0.39 is 124 Å². The Bertz CT molecular complexity index is 1870. The number of hydrogen-bond donors (Lipinski definition) is 12. The normalized spacial score (nSPS) is 26.8. The Hall–Kier alpha value is -1.73. The van der Waals surface area contributed by atoms with Gasteiger partial charge in [0.25, 0.3) is 0 Å². The summed E-state index contributed by atoms with van der Waals surface area (Å²) in [5.41, 5.74) is 0. The Morgan fingerprint density at radius 1 is 0.357 bits per heavy atom. The number of carbonyl (C=O) groups is 1. The summed E-state index contributed by atoms with van der Waals surface area (Å²) in [6.07, 6.45) is 46.0. The van der Waals surface area contributed by atoms with Crippen molar-refractivity contribution in [2.75, 3.05) is 26.4 Å². The van der Waals surface area contributed by atoms with Crippen LogP contribution in [0.5, 0.6) is 0 Å². The first-order valence-corrected chi connectivity index (χ1v) is 40.6. The minimum atomic E-state index is -1.98. The van der Waals surface area contributed by atoms with Crippen molar-refractivity contribution < 1.29 is 89.4 Å². The zero-order chi connectivity index (χ0) is 71.1. The molecule has 1 amide bonds. The number of aliphatic hydroxyl groups excluding tert-OH is 11. The second kappa shape index (κ2) is 60.5. The molecule has 17 unspecified atom stereocenters. The first-order valence-electron chi connectivity index (χ1n) is 40.6. The van der Waals surface area contributed by atoms with Crippen LogP contribution in [0.4, 0.5) is 0 Å². The van der Waals surface area contributed by atoms with Crippen LogP contribution in [0.1, 0.15) is 341 Å². The molecule has 0 bridgehead atoms. The van der Waals surface area contributed by atoms with Crippen LogP contribution in [0.15, 0.2) is 24.3 Å². The lowest BCUT2D eigenvalue weighted by Gasteiger charge is -2.48. The topological polar surface area (TPSA) is 307 Å². The van der Waals surface area contributed by atoms with Crippen LogP contribution >= 0.6 is 0 Å². The second-order valence-corrected chi connectivity index (χ2v) is 29.2. The number of hydrogen-bond acceptors (Lipinski definition) is 18. The highest BCUT2D eigenvalue weighted by Crippen LogP contribution is 2.33. The van der Waals surface area contributed by atoms with E-state index >= 15 is 0 Å². The highest BCUT2D eigenvalue weighted by Gasteiger charge is 2.54. The summed E-state index contributed by atoms with van der Waals surface area (Å²) in [5.74, 6) is -0.268. The fraction of sp³-hybridized carbons (Fsp3) is 0.937. The molecular weight excluding hydrogens is 1250 g/mol. The molecule has 19 heteroatoms. The number of amides is 1. The summed E-state index contributed by atoms with van der Waals surface area (Å²) in [6, 6.07) is -0.971. The maximum atomic E-state index is 13.5. The Morgan fingerprint density at radius 3 is 0.990 bits per heavy atom. The van der Waals surface area contributed by atoms with Crippen molar-refractivity contribution in [3.05, 3.63) is 24.3 Å². The van der Waals surface area contributed by atoms with Crippen LogP contribution in [-0.2, 0) is 33.2 Å². The molecule has 0 saturated carbocycles. The largest absolute Gasteiger partial charge is 0.394 e. The van der Waals surface area contributed by atoms with E-state index in [1.165, 1.54) is 270 Å². The fourth-order valence-electron chi connectivity index (χ4n) is 14.0. The summed E-state index contributed by atoms with van der Waals surface area (Å²) in [4.78, 5) is 13.5. The van der Waals surface area contributed by atoms with Crippen molar-refractivity contribution in [2.24, 2.45) is 0 Å². The van der Waals surface area contributed by atoms with E-state index in [1.54, 1.807) is 6.08 Å². The molecule has 3 rings (SSSR count). The predicted molar refractivity (Wildman–Crippen MR) is 388 cm³/mol. The SMILES string of the molecule is CCCCCCCCCC/C=C\CCCCCCCCCCCCCCCCCCCCCCCC(=O)NC(COC1OC(CO)C(OC2OC(CO)C(OC3OC(CO)C(O)C(O)C3O)C(O)C2O)C(O)C1O)C(O)/C=C/CCCCCCCCCCCCCCCCCCCC. The molecule has 0 aromatic heterocycles. The van der Waals surface area contributed by atoms with Gasteiger partial charge in [0.15, 0.2) is 18.9 Å². The highest BCUT2D eigenvalue weighted by atomic mass is 16.8. The Labute approximate surface area is 594 Å². The van der Waals surface area contributed by atoms with Gasteiger partial charge < -0.3 is 89.9 Å². The van der Waals surface area contributed by atoms with Gasteiger partial charge in [-0.15, -0.1) is 0 Å². The minimum absolute atomic E-state index is 0.249. The van der Waals surface area contributed by atoms with Crippen molar-refractivity contribution in [3.8, 4) is 0 Å². The first-order chi connectivity index (χ1) is 47.8. The van der Waals surface area contributed by atoms with Gasteiger partial charge in [-0.2, -0.15) is 0 Å². The molecule has 3 aliphatic heterocycles. The summed E-state index contributed by atoms with van der Waals surface area (Å²) in [7, 11) is 0. The molecule has 3 heterocycles. The molecule has 3 saturated heterocycles. The summed E-state index contributed by atoms with van der Waals surface area (Å²) in [5, 5.41) is 121. The third kappa shape index (κ3) is 40.5. The van der Waals surface area contributed by atoms with Gasteiger partial charge in [0.2, 0.25) is 5.91 Å². The van der Waals surface area contributed by atoms with Crippen LogP contribution in [0.2, 0.25) is 0 Å². The van der Waals surface area contributed by atoms with E-state index in [4.69, 9.17) is 28.4 Å². The number of carbonyl (C=O) groups excluding carboxylic acids is 1. The van der Waals surface area contributed by atoms with Crippen molar-refractivity contribution in [2.45, 2.75) is 446 Å². The quantitative estimate of drug-likeness (QED) is 0.0199. The van der Waals surface area contributed by atoms with Crippen molar-refractivity contribution >= 4 is 5.91 Å². The first kappa shape index (κ1) is 90.5. The van der Waals surface area contributed by atoms with E-state index in [9.17, 15) is 61.0 Å². The fourth-order valence-corrected chi connectivity index (χ4v) is 14.0. The average molecular weight is 1400 g/mol. The molecule has 98 heavy (non-hydrogen) atoms. The zero-order valence-corrected chi connectivity index (χ0v) is 61.8. The zero-order valence-electron chi connectivity index (χ0n) is 61.8. The number of unbranched alkanes of at least 4 members (excludes halogenated alkanes) is 47. The van der Waals surface area contributed by atoms with Crippen LogP contribution in [-0.4, -0.2) is 193 Å². The average Bonchev–Trinajstić information content (AvgIpc) is 0.782. The number of allylic oxidation sites excluding steroid dienone is 3. The molecule has 0 aromatic rings. The van der Waals surface area contributed by atoms with Crippen LogP contribution in [0.25, 0.3) is 0 Å². The molecule has 3 fully saturated rings. The molecular formula is C79H149NO18. The third-order valence-corrected chi connectivity index (χ3v) is 20.5. The monoisotopic (exact) mass is 1400 g/mol. The van der Waals surface area contributed by atoms with E-state index in [1.807, 2.05) is 6.08 Å². The molecule has 17 atom stereocenters. The lowest BCUT2D eigenvalue weighted by atomic mass is 9.96. The van der Waals surface area contributed by atoms with Crippen LogP contribution < -0.4 is 5.32 Å². The lowest BCUT2D eigenvalue weighted by molar-refractivity contribution is -0.379. The van der Waals surface area contributed by atoms with Crippen molar-refractivity contribution in [1.29, 1.82) is 0 Å². The van der Waals surface area contributed by atoms with E-state index in [2.05, 4.69) is 31.3 Å². The van der Waals surface area contributed by atoms with Gasteiger partial charge in [0.1, 0.15) is 73.2 Å². The van der Waals surface area contributed by atoms with Gasteiger partial charge in [-0.3, -0.25) is 4.79 Å². The Balaban J connectivity index is 1.35. The molecule has 0 aliphatic carbocycles. The van der Waals surface area contributed by atoms with Gasteiger partial charge in [0, 0.05) is 6.42 Å². The Kier molecular flexibility index (Phi) is 55.9. The number of nitrogens with one attached hydrogen (secondary N) is 1. The van der Waals surface area contributed by atoms with Crippen LogP contribution in [0.3, 0.4) is 0 Å². The van der Waals surface area contributed by atoms with Gasteiger partial charge in [-0.1, -0.05) is 314 Å². The highest BCUT2D eigenvalue weighted by molar-refractivity contribution is 5.76. The summed E-state index contributed by atoms with van der Waals surface area (Å²) in [6.45, 7) is 1.79. The molecule has 578 valence electrons. The number of aliphatic hydroxyl groups is 11. The maximum absolute atomic E-state index is 13.5. The van der Waals surface area contributed by atoms with Gasteiger partial charge in [0.05, 0.1) is 38.6 Å². The predicted octanol–water partition coefficient (Wildman–Crippen LogP) is 13.3. The minimum Gasteiger partial charge on any atom is -0.394 e. The smallest absolute Gasteiger partial charge is 0.220 e. The molecule has 12 N–H and O–H groups in total. The van der Waals surface area contributed by atoms with Crippen LogP contribution in [0, 0.1) is 0 Å². The van der Waals surface area contributed by atoms with E-state index in [0.717, 1.165) is 44.9 Å². The number of ether oxygens (including phenoxy) is 6. The van der Waals surface area contributed by atoms with E-state index in [-0.39, 0.29) is 18.9 Å².